The van der Waals surface area contributed by atoms with Crippen LogP contribution in [0.5, 0.6) is 0 Å². The average molecular weight is 355 g/mol. The van der Waals surface area contributed by atoms with Crippen LogP contribution < -0.4 is 10.6 Å². The van der Waals surface area contributed by atoms with Crippen molar-refractivity contribution in [2.24, 2.45) is 0 Å². The van der Waals surface area contributed by atoms with E-state index in [0.717, 1.165) is 5.56 Å². The fraction of sp³-hybridized carbons (Fsp3) is 0.211. The van der Waals surface area contributed by atoms with Crippen molar-refractivity contribution in [3.8, 4) is 11.3 Å². The number of nitrogens with zero attached hydrogens (tertiary/aromatic N) is 3. The van der Waals surface area contributed by atoms with Crippen LogP contribution in [-0.4, -0.2) is 20.5 Å². The molecule has 3 aromatic rings. The summed E-state index contributed by atoms with van der Waals surface area (Å²) in [5.74, 6) is -0.776. The topological polar surface area (TPSA) is 62.7 Å². The maximum Gasteiger partial charge on any atom is 0.225 e. The Morgan fingerprint density at radius 3 is 2.31 bits per heavy atom. The van der Waals surface area contributed by atoms with Crippen LogP contribution in [0.2, 0.25) is 0 Å². The zero-order valence-electron chi connectivity index (χ0n) is 14.7. The van der Waals surface area contributed by atoms with Crippen molar-refractivity contribution in [2.45, 2.75) is 26.3 Å². The predicted molar refractivity (Wildman–Crippen MR) is 98.3 cm³/mol. The third-order valence-electron chi connectivity index (χ3n) is 3.39. The SMILES string of the molecule is CC(C)(C)Nc1nc(Nc2c(F)cccc2F)cc(-c2cccnc2)n1. The molecule has 0 radical (unpaired) electrons. The van der Waals surface area contributed by atoms with E-state index in [1.165, 1.54) is 18.2 Å². The van der Waals surface area contributed by atoms with Gasteiger partial charge in [0.1, 0.15) is 23.1 Å². The molecule has 0 aliphatic heterocycles. The van der Waals surface area contributed by atoms with Crippen LogP contribution in [-0.2, 0) is 0 Å². The Morgan fingerprint density at radius 1 is 0.962 bits per heavy atom. The molecule has 0 atom stereocenters. The molecule has 0 saturated heterocycles. The predicted octanol–water partition coefficient (Wildman–Crippen LogP) is 4.77. The largest absolute Gasteiger partial charge is 0.350 e. The highest BCUT2D eigenvalue weighted by molar-refractivity contribution is 5.67. The molecule has 0 amide bonds. The zero-order valence-corrected chi connectivity index (χ0v) is 14.7. The molecule has 0 fully saturated rings. The van der Waals surface area contributed by atoms with Crippen LogP contribution in [0.1, 0.15) is 20.8 Å². The molecule has 1 aromatic carbocycles. The first kappa shape index (κ1) is 17.7. The minimum Gasteiger partial charge on any atom is -0.350 e. The first-order valence-electron chi connectivity index (χ1n) is 8.10. The van der Waals surface area contributed by atoms with Gasteiger partial charge in [0.2, 0.25) is 5.95 Å². The maximum absolute atomic E-state index is 14.0. The smallest absolute Gasteiger partial charge is 0.225 e. The Morgan fingerprint density at radius 2 is 1.69 bits per heavy atom. The van der Waals surface area contributed by atoms with Crippen molar-refractivity contribution in [3.63, 3.8) is 0 Å². The standard InChI is InChI=1S/C19H19F2N5/c1-19(2,3)26-18-23-15(12-6-5-9-22-11-12)10-16(25-18)24-17-13(20)7-4-8-14(17)21/h4-11H,1-3H3,(H2,23,24,25,26). The van der Waals surface area contributed by atoms with E-state index in [-0.39, 0.29) is 17.0 Å². The molecule has 0 spiro atoms. The second-order valence-electron chi connectivity index (χ2n) is 6.80. The molecular formula is C19H19F2N5. The van der Waals surface area contributed by atoms with Crippen molar-refractivity contribution in [1.29, 1.82) is 0 Å². The van der Waals surface area contributed by atoms with Gasteiger partial charge in [-0.2, -0.15) is 4.98 Å². The minimum atomic E-state index is -0.697. The quantitative estimate of drug-likeness (QED) is 0.706. The lowest BCUT2D eigenvalue weighted by Crippen LogP contribution is -2.27. The lowest BCUT2D eigenvalue weighted by atomic mass is 10.1. The third kappa shape index (κ3) is 4.30. The van der Waals surface area contributed by atoms with E-state index in [0.29, 0.717) is 11.6 Å². The summed E-state index contributed by atoms with van der Waals surface area (Å²) in [5.41, 5.74) is 0.807. The number of hydrogen-bond acceptors (Lipinski definition) is 5. The molecule has 0 saturated carbocycles. The number of anilines is 3. The molecule has 26 heavy (non-hydrogen) atoms. The number of rotatable bonds is 4. The lowest BCUT2D eigenvalue weighted by molar-refractivity contribution is 0.590. The molecule has 134 valence electrons. The molecule has 5 nitrogen and oxygen atoms in total. The molecular weight excluding hydrogens is 336 g/mol. The van der Waals surface area contributed by atoms with Crippen LogP contribution >= 0.6 is 0 Å². The highest BCUT2D eigenvalue weighted by Crippen LogP contribution is 2.26. The van der Waals surface area contributed by atoms with Gasteiger partial charge >= 0.3 is 0 Å². The number of hydrogen-bond donors (Lipinski definition) is 2. The normalized spacial score (nSPS) is 11.3. The Bertz CT molecular complexity index is 887. The zero-order chi connectivity index (χ0) is 18.7. The summed E-state index contributed by atoms with van der Waals surface area (Å²) < 4.78 is 27.9. The van der Waals surface area contributed by atoms with Gasteiger partial charge in [-0.3, -0.25) is 4.98 Å². The number of benzene rings is 1. The summed E-state index contributed by atoms with van der Waals surface area (Å²) in [6.07, 6.45) is 3.32. The van der Waals surface area contributed by atoms with Crippen LogP contribution in [0.25, 0.3) is 11.3 Å². The van der Waals surface area contributed by atoms with Gasteiger partial charge in [-0.1, -0.05) is 6.07 Å². The maximum atomic E-state index is 14.0. The van der Waals surface area contributed by atoms with E-state index in [2.05, 4.69) is 25.6 Å². The molecule has 0 bridgehead atoms. The fourth-order valence-electron chi connectivity index (χ4n) is 2.31. The number of pyridine rings is 1. The van der Waals surface area contributed by atoms with E-state index >= 15 is 0 Å². The first-order chi connectivity index (χ1) is 12.3. The Kier molecular flexibility index (Phi) is 4.79. The van der Waals surface area contributed by atoms with E-state index in [9.17, 15) is 8.78 Å². The lowest BCUT2D eigenvalue weighted by Gasteiger charge is -2.21. The molecule has 0 aliphatic carbocycles. The molecule has 2 heterocycles. The molecule has 2 N–H and O–H groups in total. The molecule has 7 heteroatoms. The van der Waals surface area contributed by atoms with Crippen molar-refractivity contribution in [3.05, 3.63) is 60.4 Å². The van der Waals surface area contributed by atoms with E-state index in [1.54, 1.807) is 24.5 Å². The van der Waals surface area contributed by atoms with Gasteiger partial charge in [0.05, 0.1) is 5.69 Å². The van der Waals surface area contributed by atoms with Crippen molar-refractivity contribution in [2.75, 3.05) is 10.6 Å². The second kappa shape index (κ2) is 7.03. The van der Waals surface area contributed by atoms with Crippen LogP contribution in [0, 0.1) is 11.6 Å². The van der Waals surface area contributed by atoms with Crippen LogP contribution in [0.4, 0.5) is 26.2 Å². The third-order valence-corrected chi connectivity index (χ3v) is 3.39. The fourth-order valence-corrected chi connectivity index (χ4v) is 2.31. The van der Waals surface area contributed by atoms with Gasteiger partial charge in [-0.15, -0.1) is 0 Å². The summed E-state index contributed by atoms with van der Waals surface area (Å²) >= 11 is 0. The molecule has 0 aliphatic rings. The van der Waals surface area contributed by atoms with Crippen LogP contribution in [0.15, 0.2) is 48.8 Å². The Hall–Kier alpha value is -3.09. The number of aromatic nitrogens is 3. The van der Waals surface area contributed by atoms with Gasteiger partial charge in [0.15, 0.2) is 0 Å². The summed E-state index contributed by atoms with van der Waals surface area (Å²) in [7, 11) is 0. The monoisotopic (exact) mass is 355 g/mol. The van der Waals surface area contributed by atoms with Crippen LogP contribution in [0.3, 0.4) is 0 Å². The van der Waals surface area contributed by atoms with Crippen molar-refractivity contribution in [1.82, 2.24) is 15.0 Å². The molecule has 3 rings (SSSR count). The minimum absolute atomic E-state index is 0.259. The Balaban J connectivity index is 2.05. The summed E-state index contributed by atoms with van der Waals surface area (Å²) in [6.45, 7) is 5.91. The van der Waals surface area contributed by atoms with Gasteiger partial charge < -0.3 is 10.6 Å². The molecule has 0 unspecified atom stereocenters. The number of para-hydroxylation sites is 1. The highest BCUT2D eigenvalue weighted by atomic mass is 19.1. The first-order valence-corrected chi connectivity index (χ1v) is 8.10. The van der Waals surface area contributed by atoms with Crippen molar-refractivity contribution >= 4 is 17.5 Å². The van der Waals surface area contributed by atoms with Gasteiger partial charge in [0, 0.05) is 29.6 Å². The number of halogens is 2. The van der Waals surface area contributed by atoms with Crippen molar-refractivity contribution < 1.29 is 8.78 Å². The van der Waals surface area contributed by atoms with E-state index in [1.807, 2.05) is 26.8 Å². The van der Waals surface area contributed by atoms with Gasteiger partial charge in [-0.25, -0.2) is 13.8 Å². The van der Waals surface area contributed by atoms with E-state index < -0.39 is 11.6 Å². The number of nitrogens with one attached hydrogen (secondary N) is 2. The van der Waals surface area contributed by atoms with Gasteiger partial charge in [-0.05, 0) is 45.0 Å². The van der Waals surface area contributed by atoms with Gasteiger partial charge in [0.25, 0.3) is 0 Å². The van der Waals surface area contributed by atoms with E-state index in [4.69, 9.17) is 0 Å². The highest BCUT2D eigenvalue weighted by Gasteiger charge is 2.15. The summed E-state index contributed by atoms with van der Waals surface area (Å²) in [5, 5.41) is 5.89. The Labute approximate surface area is 150 Å². The second-order valence-corrected chi connectivity index (χ2v) is 6.80. The average Bonchev–Trinajstić information content (AvgIpc) is 2.57. The molecule has 2 aromatic heterocycles. The summed E-state index contributed by atoms with van der Waals surface area (Å²) in [4.78, 5) is 12.9. The summed E-state index contributed by atoms with van der Waals surface area (Å²) in [6, 6.07) is 8.94.